The predicted molar refractivity (Wildman–Crippen MR) is 65.0 cm³/mol. The summed E-state index contributed by atoms with van der Waals surface area (Å²) in [6.07, 6.45) is 1.38. The quantitative estimate of drug-likeness (QED) is 0.742. The SMILES string of the molecule is COC(C)CNS(=O)(=O)c1cc(CN)n(C)c1. The van der Waals surface area contributed by atoms with Gasteiger partial charge in [-0.25, -0.2) is 13.1 Å². The van der Waals surface area contributed by atoms with Crippen molar-refractivity contribution >= 4 is 10.0 Å². The van der Waals surface area contributed by atoms with E-state index in [0.29, 0.717) is 6.54 Å². The lowest BCUT2D eigenvalue weighted by Crippen LogP contribution is -2.31. The zero-order valence-electron chi connectivity index (χ0n) is 10.3. The molecule has 0 fully saturated rings. The molecule has 3 N–H and O–H groups in total. The van der Waals surface area contributed by atoms with E-state index in [1.54, 1.807) is 30.8 Å². The standard InChI is InChI=1S/C10H19N3O3S/c1-8(16-3)6-12-17(14,15)10-4-9(5-11)13(2)7-10/h4,7-8,12H,5-6,11H2,1-3H3. The van der Waals surface area contributed by atoms with Gasteiger partial charge in [0.1, 0.15) is 0 Å². The highest BCUT2D eigenvalue weighted by atomic mass is 32.2. The Morgan fingerprint density at radius 2 is 2.24 bits per heavy atom. The Hall–Kier alpha value is -0.890. The number of hydrogen-bond acceptors (Lipinski definition) is 4. The Kier molecular flexibility index (Phi) is 4.70. The van der Waals surface area contributed by atoms with Gasteiger partial charge in [-0.05, 0) is 13.0 Å². The number of ether oxygens (including phenoxy) is 1. The van der Waals surface area contributed by atoms with E-state index in [1.807, 2.05) is 0 Å². The summed E-state index contributed by atoms with van der Waals surface area (Å²) in [6.45, 7) is 2.34. The predicted octanol–water partition coefficient (Wildman–Crippen LogP) is -0.203. The molecule has 6 nitrogen and oxygen atoms in total. The average molecular weight is 261 g/mol. The Morgan fingerprint density at radius 3 is 2.71 bits per heavy atom. The Morgan fingerprint density at radius 1 is 1.59 bits per heavy atom. The molecular formula is C10H19N3O3S. The molecule has 0 aliphatic rings. The van der Waals surface area contributed by atoms with Crippen LogP contribution in [-0.2, 0) is 28.4 Å². The molecule has 0 saturated carbocycles. The topological polar surface area (TPSA) is 86.3 Å². The van der Waals surface area contributed by atoms with Crippen molar-refractivity contribution in [3.63, 3.8) is 0 Å². The molecule has 1 aromatic rings. The normalized spacial score (nSPS) is 13.9. The van der Waals surface area contributed by atoms with E-state index in [1.165, 1.54) is 7.11 Å². The van der Waals surface area contributed by atoms with Gasteiger partial charge < -0.3 is 15.0 Å². The molecule has 98 valence electrons. The fourth-order valence-electron chi connectivity index (χ4n) is 1.32. The number of nitrogens with zero attached hydrogens (tertiary/aromatic N) is 1. The van der Waals surface area contributed by atoms with Gasteiger partial charge in [-0.1, -0.05) is 0 Å². The van der Waals surface area contributed by atoms with Crippen molar-refractivity contribution in [2.24, 2.45) is 12.8 Å². The van der Waals surface area contributed by atoms with E-state index in [2.05, 4.69) is 4.72 Å². The summed E-state index contributed by atoms with van der Waals surface area (Å²) in [5.74, 6) is 0. The molecule has 0 spiro atoms. The summed E-state index contributed by atoms with van der Waals surface area (Å²) in [6, 6.07) is 1.57. The fraction of sp³-hybridized carbons (Fsp3) is 0.600. The van der Waals surface area contributed by atoms with Crippen molar-refractivity contribution in [3.8, 4) is 0 Å². The van der Waals surface area contributed by atoms with Crippen LogP contribution in [-0.4, -0.2) is 32.7 Å². The molecule has 0 radical (unpaired) electrons. The van der Waals surface area contributed by atoms with Gasteiger partial charge in [0.15, 0.2) is 0 Å². The van der Waals surface area contributed by atoms with Gasteiger partial charge in [-0.2, -0.15) is 0 Å². The van der Waals surface area contributed by atoms with Crippen molar-refractivity contribution in [1.82, 2.24) is 9.29 Å². The van der Waals surface area contributed by atoms with Crippen LogP contribution in [0.5, 0.6) is 0 Å². The van der Waals surface area contributed by atoms with E-state index in [4.69, 9.17) is 10.5 Å². The van der Waals surface area contributed by atoms with Crippen LogP contribution in [0.1, 0.15) is 12.6 Å². The molecule has 0 saturated heterocycles. The number of sulfonamides is 1. The summed E-state index contributed by atoms with van der Waals surface area (Å²) < 4.78 is 33.0. The number of rotatable bonds is 6. The lowest BCUT2D eigenvalue weighted by Gasteiger charge is -2.10. The van der Waals surface area contributed by atoms with Crippen LogP contribution in [0, 0.1) is 0 Å². The van der Waals surface area contributed by atoms with E-state index < -0.39 is 10.0 Å². The maximum absolute atomic E-state index is 11.9. The third kappa shape index (κ3) is 3.53. The summed E-state index contributed by atoms with van der Waals surface area (Å²) in [5, 5.41) is 0. The first-order valence-electron chi connectivity index (χ1n) is 5.28. The first-order chi connectivity index (χ1) is 7.90. The summed E-state index contributed by atoms with van der Waals surface area (Å²) in [4.78, 5) is 0.226. The molecule has 0 bridgehead atoms. The second-order valence-corrected chi connectivity index (χ2v) is 5.65. The van der Waals surface area contributed by atoms with E-state index in [-0.39, 0.29) is 17.5 Å². The summed E-state index contributed by atoms with van der Waals surface area (Å²) in [7, 11) is -0.185. The largest absolute Gasteiger partial charge is 0.380 e. The second-order valence-electron chi connectivity index (χ2n) is 3.88. The Labute approximate surface area is 102 Å². The minimum absolute atomic E-state index is 0.164. The van der Waals surface area contributed by atoms with E-state index >= 15 is 0 Å². The number of aromatic nitrogens is 1. The first-order valence-corrected chi connectivity index (χ1v) is 6.76. The van der Waals surface area contributed by atoms with Gasteiger partial charge >= 0.3 is 0 Å². The van der Waals surface area contributed by atoms with Crippen LogP contribution in [0.3, 0.4) is 0 Å². The van der Waals surface area contributed by atoms with Crippen LogP contribution in [0.25, 0.3) is 0 Å². The van der Waals surface area contributed by atoms with E-state index in [9.17, 15) is 8.42 Å². The highest BCUT2D eigenvalue weighted by molar-refractivity contribution is 7.89. The van der Waals surface area contributed by atoms with E-state index in [0.717, 1.165) is 5.69 Å². The van der Waals surface area contributed by atoms with Crippen LogP contribution in [0.15, 0.2) is 17.2 Å². The minimum Gasteiger partial charge on any atom is -0.380 e. The zero-order chi connectivity index (χ0) is 13.1. The van der Waals surface area contributed by atoms with Crippen molar-refractivity contribution in [2.45, 2.75) is 24.5 Å². The fourth-order valence-corrected chi connectivity index (χ4v) is 2.53. The van der Waals surface area contributed by atoms with Gasteiger partial charge in [-0.3, -0.25) is 0 Å². The van der Waals surface area contributed by atoms with Crippen LogP contribution >= 0.6 is 0 Å². The lowest BCUT2D eigenvalue weighted by atomic mass is 10.4. The number of hydrogen-bond donors (Lipinski definition) is 2. The average Bonchev–Trinajstić information content (AvgIpc) is 2.68. The number of aryl methyl sites for hydroxylation is 1. The Balaban J connectivity index is 2.82. The maximum atomic E-state index is 11.9. The monoisotopic (exact) mass is 261 g/mol. The molecule has 17 heavy (non-hydrogen) atoms. The van der Waals surface area contributed by atoms with Crippen molar-refractivity contribution in [2.75, 3.05) is 13.7 Å². The van der Waals surface area contributed by atoms with Crippen molar-refractivity contribution in [1.29, 1.82) is 0 Å². The maximum Gasteiger partial charge on any atom is 0.242 e. The molecule has 0 amide bonds. The molecule has 1 unspecified atom stereocenters. The zero-order valence-corrected chi connectivity index (χ0v) is 11.1. The lowest BCUT2D eigenvalue weighted by molar-refractivity contribution is 0.122. The molecule has 0 aliphatic carbocycles. The Bertz CT molecular complexity index is 467. The first kappa shape index (κ1) is 14.2. The summed E-state index contributed by atoms with van der Waals surface area (Å²) in [5.41, 5.74) is 6.26. The molecule has 0 aliphatic heterocycles. The van der Waals surface area contributed by atoms with Crippen LogP contribution < -0.4 is 10.5 Å². The molecule has 1 aromatic heterocycles. The molecule has 1 rings (SSSR count). The van der Waals surface area contributed by atoms with Crippen molar-refractivity contribution < 1.29 is 13.2 Å². The number of nitrogens with two attached hydrogens (primary N) is 1. The van der Waals surface area contributed by atoms with Gasteiger partial charge in [-0.15, -0.1) is 0 Å². The second kappa shape index (κ2) is 5.63. The molecule has 0 aromatic carbocycles. The summed E-state index contributed by atoms with van der Waals surface area (Å²) >= 11 is 0. The highest BCUT2D eigenvalue weighted by Crippen LogP contribution is 2.12. The van der Waals surface area contributed by atoms with Gasteiger partial charge in [0.2, 0.25) is 10.0 Å². The molecule has 1 heterocycles. The minimum atomic E-state index is -3.48. The number of nitrogens with one attached hydrogen (secondary N) is 1. The molecular weight excluding hydrogens is 242 g/mol. The van der Waals surface area contributed by atoms with Gasteiger partial charge in [0, 0.05) is 39.1 Å². The third-order valence-electron chi connectivity index (χ3n) is 2.57. The third-order valence-corrected chi connectivity index (χ3v) is 3.96. The van der Waals surface area contributed by atoms with Crippen LogP contribution in [0.4, 0.5) is 0 Å². The van der Waals surface area contributed by atoms with Gasteiger partial charge in [0.05, 0.1) is 11.0 Å². The highest BCUT2D eigenvalue weighted by Gasteiger charge is 2.17. The van der Waals surface area contributed by atoms with Gasteiger partial charge in [0.25, 0.3) is 0 Å². The molecule has 7 heteroatoms. The van der Waals surface area contributed by atoms with Crippen LogP contribution in [0.2, 0.25) is 0 Å². The number of methoxy groups -OCH3 is 1. The molecule has 1 atom stereocenters. The van der Waals surface area contributed by atoms with Crippen molar-refractivity contribution in [3.05, 3.63) is 18.0 Å². The smallest absolute Gasteiger partial charge is 0.242 e.